The van der Waals surface area contributed by atoms with Gasteiger partial charge in [-0.3, -0.25) is 4.79 Å². The van der Waals surface area contributed by atoms with Crippen molar-refractivity contribution in [1.29, 1.82) is 0 Å². The number of carbonyl (C=O) groups excluding carboxylic acids is 1. The molecule has 0 spiro atoms. The van der Waals surface area contributed by atoms with Gasteiger partial charge in [0, 0.05) is 5.92 Å². The van der Waals surface area contributed by atoms with Crippen LogP contribution in [0.15, 0.2) is 66.7 Å². The van der Waals surface area contributed by atoms with Crippen LogP contribution in [0.3, 0.4) is 0 Å². The van der Waals surface area contributed by atoms with Gasteiger partial charge in [0.15, 0.2) is 0 Å². The Morgan fingerprint density at radius 1 is 0.933 bits per heavy atom. The van der Waals surface area contributed by atoms with Crippen molar-refractivity contribution in [2.75, 3.05) is 0 Å². The van der Waals surface area contributed by atoms with E-state index in [0.717, 1.165) is 46.0 Å². The summed E-state index contributed by atoms with van der Waals surface area (Å²) < 4.78 is 6.03. The SMILES string of the molecule is CC1(C)C2CCC1(C(=O)Oc1ccc3ccccc3c1)c1nc3ccccc3nc12. The van der Waals surface area contributed by atoms with Crippen LogP contribution in [0, 0.1) is 5.41 Å². The average Bonchev–Trinajstić information content (AvgIpc) is 3.13. The van der Waals surface area contributed by atoms with E-state index >= 15 is 0 Å². The molecule has 2 bridgehead atoms. The lowest BCUT2D eigenvalue weighted by atomic mass is 9.68. The standard InChI is InChI=1S/C26H22N2O2/c1-25(2)19-13-14-26(25,23-22(19)27-20-9-5-6-10-21(20)28-23)24(29)30-18-12-11-16-7-3-4-8-17(16)15-18/h3-12,15,19H,13-14H2,1-2H3. The van der Waals surface area contributed by atoms with Crippen LogP contribution in [0.2, 0.25) is 0 Å². The number of fused-ring (bicyclic) bond motifs is 7. The smallest absolute Gasteiger partial charge is 0.324 e. The van der Waals surface area contributed by atoms with Crippen LogP contribution in [-0.4, -0.2) is 15.9 Å². The second-order valence-corrected chi connectivity index (χ2v) is 9.06. The average molecular weight is 394 g/mol. The molecule has 4 aromatic rings. The summed E-state index contributed by atoms with van der Waals surface area (Å²) >= 11 is 0. The first-order valence-corrected chi connectivity index (χ1v) is 10.5. The summed E-state index contributed by atoms with van der Waals surface area (Å²) in [6, 6.07) is 21.8. The molecule has 6 rings (SSSR count). The van der Waals surface area contributed by atoms with Crippen molar-refractivity contribution >= 4 is 27.8 Å². The Kier molecular flexibility index (Phi) is 3.45. The molecule has 0 N–H and O–H groups in total. The topological polar surface area (TPSA) is 52.1 Å². The highest BCUT2D eigenvalue weighted by Crippen LogP contribution is 2.67. The lowest BCUT2D eigenvalue weighted by Crippen LogP contribution is -2.45. The third kappa shape index (κ3) is 2.14. The first kappa shape index (κ1) is 17.6. The Morgan fingerprint density at radius 3 is 2.43 bits per heavy atom. The Hall–Kier alpha value is -3.27. The van der Waals surface area contributed by atoms with Crippen molar-refractivity contribution in [1.82, 2.24) is 9.97 Å². The molecule has 2 aliphatic rings. The van der Waals surface area contributed by atoms with Crippen LogP contribution in [0.25, 0.3) is 21.8 Å². The van der Waals surface area contributed by atoms with Gasteiger partial charge in [0.25, 0.3) is 0 Å². The molecule has 148 valence electrons. The second kappa shape index (κ2) is 5.88. The van der Waals surface area contributed by atoms with Crippen molar-refractivity contribution in [3.63, 3.8) is 0 Å². The van der Waals surface area contributed by atoms with E-state index in [1.54, 1.807) is 0 Å². The number of benzene rings is 3. The monoisotopic (exact) mass is 394 g/mol. The van der Waals surface area contributed by atoms with Gasteiger partial charge in [0.2, 0.25) is 0 Å². The summed E-state index contributed by atoms with van der Waals surface area (Å²) in [7, 11) is 0. The number of carbonyl (C=O) groups is 1. The molecule has 30 heavy (non-hydrogen) atoms. The summed E-state index contributed by atoms with van der Waals surface area (Å²) in [6.07, 6.45) is 1.68. The number of rotatable bonds is 2. The van der Waals surface area contributed by atoms with Gasteiger partial charge in [0.05, 0.1) is 22.4 Å². The molecule has 2 aliphatic carbocycles. The predicted octanol–water partition coefficient (Wildman–Crippen LogP) is 5.54. The molecule has 0 aliphatic heterocycles. The molecule has 2 unspecified atom stereocenters. The molecule has 3 aromatic carbocycles. The van der Waals surface area contributed by atoms with Crippen LogP contribution in [0.5, 0.6) is 5.75 Å². The van der Waals surface area contributed by atoms with E-state index in [-0.39, 0.29) is 17.3 Å². The molecule has 4 nitrogen and oxygen atoms in total. The van der Waals surface area contributed by atoms with E-state index in [2.05, 4.69) is 19.9 Å². The third-order valence-corrected chi connectivity index (χ3v) is 7.39. The van der Waals surface area contributed by atoms with Crippen molar-refractivity contribution < 1.29 is 9.53 Å². The summed E-state index contributed by atoms with van der Waals surface area (Å²) in [6.45, 7) is 4.33. The first-order valence-electron chi connectivity index (χ1n) is 10.5. The zero-order valence-corrected chi connectivity index (χ0v) is 17.1. The highest BCUT2D eigenvalue weighted by molar-refractivity contribution is 5.91. The lowest BCUT2D eigenvalue weighted by Gasteiger charge is -2.35. The van der Waals surface area contributed by atoms with Crippen molar-refractivity contribution in [2.24, 2.45) is 5.41 Å². The molecule has 0 radical (unpaired) electrons. The summed E-state index contributed by atoms with van der Waals surface area (Å²) in [5, 5.41) is 2.18. The predicted molar refractivity (Wildman–Crippen MR) is 117 cm³/mol. The Morgan fingerprint density at radius 2 is 1.63 bits per heavy atom. The van der Waals surface area contributed by atoms with Gasteiger partial charge in [-0.15, -0.1) is 0 Å². The Bertz CT molecular complexity index is 1340. The maximum Gasteiger partial charge on any atom is 0.324 e. The third-order valence-electron chi connectivity index (χ3n) is 7.39. The normalized spacial score (nSPS) is 23.6. The number of para-hydroxylation sites is 2. The summed E-state index contributed by atoms with van der Waals surface area (Å²) in [5.74, 6) is 0.580. The molecule has 1 aromatic heterocycles. The maximum absolute atomic E-state index is 13.8. The number of hydrogen-bond acceptors (Lipinski definition) is 4. The van der Waals surface area contributed by atoms with Gasteiger partial charge in [0.1, 0.15) is 11.2 Å². The van der Waals surface area contributed by atoms with E-state index in [9.17, 15) is 4.79 Å². The van der Waals surface area contributed by atoms with Gasteiger partial charge in [-0.05, 0) is 53.3 Å². The Balaban J connectivity index is 1.47. The van der Waals surface area contributed by atoms with Crippen molar-refractivity contribution in [3.05, 3.63) is 78.1 Å². The number of aromatic nitrogens is 2. The van der Waals surface area contributed by atoms with Gasteiger partial charge in [-0.2, -0.15) is 0 Å². The summed E-state index contributed by atoms with van der Waals surface area (Å²) in [5.41, 5.74) is 2.44. The Labute approximate surface area is 174 Å². The molecular weight excluding hydrogens is 372 g/mol. The number of hydrogen-bond donors (Lipinski definition) is 0. The molecule has 2 atom stereocenters. The van der Waals surface area contributed by atoms with E-state index < -0.39 is 5.41 Å². The molecule has 0 amide bonds. The minimum absolute atomic E-state index is 0.214. The second-order valence-electron chi connectivity index (χ2n) is 9.06. The fourth-order valence-electron chi connectivity index (χ4n) is 5.70. The van der Waals surface area contributed by atoms with Crippen LogP contribution in [0.1, 0.15) is 44.0 Å². The van der Waals surface area contributed by atoms with Crippen LogP contribution in [-0.2, 0) is 10.2 Å². The maximum atomic E-state index is 13.8. The quantitative estimate of drug-likeness (QED) is 0.331. The van der Waals surface area contributed by atoms with E-state index in [4.69, 9.17) is 14.7 Å². The largest absolute Gasteiger partial charge is 0.426 e. The molecule has 0 saturated heterocycles. The van der Waals surface area contributed by atoms with Gasteiger partial charge >= 0.3 is 5.97 Å². The number of ether oxygens (including phenoxy) is 1. The fraction of sp³-hybridized carbons (Fsp3) is 0.269. The van der Waals surface area contributed by atoms with E-state index in [0.29, 0.717) is 5.75 Å². The van der Waals surface area contributed by atoms with Crippen LogP contribution in [0.4, 0.5) is 0 Å². The van der Waals surface area contributed by atoms with Crippen LogP contribution < -0.4 is 4.74 Å². The van der Waals surface area contributed by atoms with Gasteiger partial charge in [-0.25, -0.2) is 9.97 Å². The molecule has 1 saturated carbocycles. The highest BCUT2D eigenvalue weighted by atomic mass is 16.5. The number of esters is 1. The lowest BCUT2D eigenvalue weighted by molar-refractivity contribution is -0.144. The first-order chi connectivity index (χ1) is 14.5. The number of nitrogens with zero attached hydrogens (tertiary/aromatic N) is 2. The molecule has 1 heterocycles. The molecule has 1 fully saturated rings. The zero-order valence-electron chi connectivity index (χ0n) is 17.1. The van der Waals surface area contributed by atoms with Crippen molar-refractivity contribution in [2.45, 2.75) is 38.0 Å². The minimum atomic E-state index is -0.768. The van der Waals surface area contributed by atoms with Crippen LogP contribution >= 0.6 is 0 Å². The van der Waals surface area contributed by atoms with Crippen molar-refractivity contribution in [3.8, 4) is 5.75 Å². The fourth-order valence-corrected chi connectivity index (χ4v) is 5.70. The van der Waals surface area contributed by atoms with Gasteiger partial charge < -0.3 is 4.74 Å². The van der Waals surface area contributed by atoms with Gasteiger partial charge in [-0.1, -0.05) is 56.3 Å². The highest BCUT2D eigenvalue weighted by Gasteiger charge is 2.69. The van der Waals surface area contributed by atoms with E-state index in [1.807, 2.05) is 60.7 Å². The summed E-state index contributed by atoms with van der Waals surface area (Å²) in [4.78, 5) is 23.6. The molecular formula is C26H22N2O2. The van der Waals surface area contributed by atoms with E-state index in [1.165, 1.54) is 0 Å². The molecule has 4 heteroatoms. The minimum Gasteiger partial charge on any atom is -0.426 e. The zero-order chi connectivity index (χ0) is 20.5.